The van der Waals surface area contributed by atoms with Gasteiger partial charge in [-0.05, 0) is 23.3 Å². The third kappa shape index (κ3) is 5.71. The van der Waals surface area contributed by atoms with E-state index in [-0.39, 0.29) is 5.56 Å². The fraction of sp³-hybridized carbons (Fsp3) is 0.130. The zero-order valence-corrected chi connectivity index (χ0v) is 15.2. The summed E-state index contributed by atoms with van der Waals surface area (Å²) in [6.45, 7) is 0.658. The minimum absolute atomic E-state index is 0.246. The van der Waals surface area contributed by atoms with Crippen LogP contribution in [0.2, 0.25) is 0 Å². The maximum Gasteiger partial charge on any atom is 0.311 e. The SMILES string of the molecule is O=C(O)CC(=O)c1cc(OCc2ccccc2)cc(OCc2ccccc2)c1. The van der Waals surface area contributed by atoms with E-state index in [0.717, 1.165) is 11.1 Å². The lowest BCUT2D eigenvalue weighted by molar-refractivity contribution is -0.135. The Morgan fingerprint density at radius 2 is 1.18 bits per heavy atom. The van der Waals surface area contributed by atoms with Gasteiger partial charge in [0, 0.05) is 11.6 Å². The fourth-order valence-electron chi connectivity index (χ4n) is 2.62. The molecule has 0 radical (unpaired) electrons. The highest BCUT2D eigenvalue weighted by atomic mass is 16.5. The normalized spacial score (nSPS) is 10.3. The molecular formula is C23H20O5. The van der Waals surface area contributed by atoms with Crippen LogP contribution in [0.25, 0.3) is 0 Å². The first-order valence-electron chi connectivity index (χ1n) is 8.84. The van der Waals surface area contributed by atoms with Crippen molar-refractivity contribution in [3.05, 3.63) is 95.6 Å². The van der Waals surface area contributed by atoms with Crippen LogP contribution in [-0.4, -0.2) is 16.9 Å². The molecule has 28 heavy (non-hydrogen) atoms. The lowest BCUT2D eigenvalue weighted by atomic mass is 10.1. The Bertz CT molecular complexity index is 874. The van der Waals surface area contributed by atoms with E-state index in [9.17, 15) is 9.59 Å². The molecule has 1 N–H and O–H groups in total. The molecule has 3 aromatic carbocycles. The topological polar surface area (TPSA) is 72.8 Å². The summed E-state index contributed by atoms with van der Waals surface area (Å²) in [5.41, 5.74) is 2.21. The molecule has 0 fully saturated rings. The molecular weight excluding hydrogens is 356 g/mol. The number of hydrogen-bond acceptors (Lipinski definition) is 4. The van der Waals surface area contributed by atoms with Crippen molar-refractivity contribution in [2.24, 2.45) is 0 Å². The summed E-state index contributed by atoms with van der Waals surface area (Å²) >= 11 is 0. The Morgan fingerprint density at radius 3 is 1.61 bits per heavy atom. The van der Waals surface area contributed by atoms with Crippen molar-refractivity contribution in [2.45, 2.75) is 19.6 Å². The number of Topliss-reactive ketones (excluding diaryl/α,β-unsaturated/α-hetero) is 1. The third-order valence-electron chi connectivity index (χ3n) is 4.01. The lowest BCUT2D eigenvalue weighted by Crippen LogP contribution is -2.08. The third-order valence-corrected chi connectivity index (χ3v) is 4.01. The molecule has 0 heterocycles. The van der Waals surface area contributed by atoms with Crippen molar-refractivity contribution in [1.29, 1.82) is 0 Å². The van der Waals surface area contributed by atoms with Gasteiger partial charge in [-0.1, -0.05) is 60.7 Å². The summed E-state index contributed by atoms with van der Waals surface area (Å²) in [6.07, 6.45) is -0.583. The Hall–Kier alpha value is -3.60. The molecule has 0 unspecified atom stereocenters. The van der Waals surface area contributed by atoms with Crippen LogP contribution in [0.5, 0.6) is 11.5 Å². The molecule has 142 valence electrons. The van der Waals surface area contributed by atoms with Crippen molar-refractivity contribution in [3.63, 3.8) is 0 Å². The van der Waals surface area contributed by atoms with Gasteiger partial charge in [-0.25, -0.2) is 0 Å². The van der Waals surface area contributed by atoms with Crippen LogP contribution in [0.4, 0.5) is 0 Å². The Kier molecular flexibility index (Phi) is 6.41. The Balaban J connectivity index is 1.78. The summed E-state index contributed by atoms with van der Waals surface area (Å²) in [6, 6.07) is 24.0. The lowest BCUT2D eigenvalue weighted by Gasteiger charge is -2.12. The van der Waals surface area contributed by atoms with Crippen molar-refractivity contribution in [2.75, 3.05) is 0 Å². The first kappa shape index (κ1) is 19.2. The largest absolute Gasteiger partial charge is 0.489 e. The first-order valence-corrected chi connectivity index (χ1v) is 8.84. The number of ether oxygens (including phenoxy) is 2. The van der Waals surface area contributed by atoms with Gasteiger partial charge in [0.1, 0.15) is 31.1 Å². The van der Waals surface area contributed by atoms with Crippen LogP contribution in [0.15, 0.2) is 78.9 Å². The van der Waals surface area contributed by atoms with Gasteiger partial charge in [-0.3, -0.25) is 9.59 Å². The van der Waals surface area contributed by atoms with Crippen molar-refractivity contribution in [1.82, 2.24) is 0 Å². The van der Waals surface area contributed by atoms with Crippen molar-refractivity contribution >= 4 is 11.8 Å². The molecule has 0 saturated heterocycles. The average molecular weight is 376 g/mol. The molecule has 0 atom stereocenters. The molecule has 0 aromatic heterocycles. The molecule has 0 saturated carbocycles. The average Bonchev–Trinajstić information content (AvgIpc) is 2.72. The Morgan fingerprint density at radius 1 is 0.714 bits per heavy atom. The maximum atomic E-state index is 12.2. The first-order chi connectivity index (χ1) is 13.6. The highest BCUT2D eigenvalue weighted by Gasteiger charge is 2.14. The van der Waals surface area contributed by atoms with E-state index in [2.05, 4.69) is 0 Å². The van der Waals surface area contributed by atoms with E-state index in [1.807, 2.05) is 60.7 Å². The molecule has 0 aliphatic carbocycles. The van der Waals surface area contributed by atoms with E-state index >= 15 is 0 Å². The number of carboxylic acid groups (broad SMARTS) is 1. The minimum Gasteiger partial charge on any atom is -0.489 e. The van der Waals surface area contributed by atoms with Gasteiger partial charge < -0.3 is 14.6 Å². The molecule has 3 rings (SSSR count). The number of benzene rings is 3. The van der Waals surface area contributed by atoms with Crippen LogP contribution >= 0.6 is 0 Å². The zero-order valence-electron chi connectivity index (χ0n) is 15.2. The van der Waals surface area contributed by atoms with E-state index < -0.39 is 18.2 Å². The number of carbonyl (C=O) groups is 2. The number of carboxylic acids is 1. The van der Waals surface area contributed by atoms with Gasteiger partial charge in [0.05, 0.1) is 0 Å². The zero-order chi connectivity index (χ0) is 19.8. The molecule has 3 aromatic rings. The maximum absolute atomic E-state index is 12.2. The summed E-state index contributed by atoms with van der Waals surface area (Å²) < 4.78 is 11.6. The highest BCUT2D eigenvalue weighted by Crippen LogP contribution is 2.25. The quantitative estimate of drug-likeness (QED) is 0.440. The van der Waals surface area contributed by atoms with Crippen LogP contribution in [-0.2, 0) is 18.0 Å². The van der Waals surface area contributed by atoms with Gasteiger partial charge in [-0.15, -0.1) is 0 Å². The second-order valence-corrected chi connectivity index (χ2v) is 6.24. The summed E-state index contributed by atoms with van der Waals surface area (Å²) in [7, 11) is 0. The number of hydrogen-bond donors (Lipinski definition) is 1. The Labute approximate surface area is 163 Å². The fourth-order valence-corrected chi connectivity index (χ4v) is 2.62. The number of carbonyl (C=O) groups excluding carboxylic acids is 1. The van der Waals surface area contributed by atoms with Crippen LogP contribution in [0.1, 0.15) is 27.9 Å². The highest BCUT2D eigenvalue weighted by molar-refractivity contribution is 6.05. The van der Waals surface area contributed by atoms with Gasteiger partial charge in [0.15, 0.2) is 5.78 Å². The van der Waals surface area contributed by atoms with Crippen molar-refractivity contribution < 1.29 is 24.2 Å². The van der Waals surface area contributed by atoms with Gasteiger partial charge in [0.2, 0.25) is 0 Å². The molecule has 0 spiro atoms. The smallest absolute Gasteiger partial charge is 0.311 e. The van der Waals surface area contributed by atoms with Crippen LogP contribution in [0, 0.1) is 0 Å². The van der Waals surface area contributed by atoms with Crippen LogP contribution < -0.4 is 9.47 Å². The molecule has 0 aliphatic heterocycles. The van der Waals surface area contributed by atoms with Crippen molar-refractivity contribution in [3.8, 4) is 11.5 Å². The van der Waals surface area contributed by atoms with Gasteiger partial charge in [0.25, 0.3) is 0 Å². The minimum atomic E-state index is -1.17. The molecule has 5 heteroatoms. The summed E-state index contributed by atoms with van der Waals surface area (Å²) in [4.78, 5) is 23.1. The van der Waals surface area contributed by atoms with E-state index in [1.54, 1.807) is 18.2 Å². The number of rotatable bonds is 9. The monoisotopic (exact) mass is 376 g/mol. The van der Waals surface area contributed by atoms with Gasteiger partial charge >= 0.3 is 5.97 Å². The molecule has 5 nitrogen and oxygen atoms in total. The van der Waals surface area contributed by atoms with Gasteiger partial charge in [-0.2, -0.15) is 0 Å². The van der Waals surface area contributed by atoms with E-state index in [0.29, 0.717) is 24.7 Å². The summed E-state index contributed by atoms with van der Waals surface area (Å²) in [5, 5.41) is 8.90. The number of ketones is 1. The molecule has 0 amide bonds. The molecule has 0 bridgehead atoms. The van der Waals surface area contributed by atoms with E-state index in [1.165, 1.54) is 0 Å². The molecule has 0 aliphatic rings. The van der Waals surface area contributed by atoms with Crippen LogP contribution in [0.3, 0.4) is 0 Å². The predicted octanol–water partition coefficient (Wildman–Crippen LogP) is 4.50. The second kappa shape index (κ2) is 9.37. The van der Waals surface area contributed by atoms with E-state index in [4.69, 9.17) is 14.6 Å². The second-order valence-electron chi connectivity index (χ2n) is 6.24. The predicted molar refractivity (Wildman–Crippen MR) is 105 cm³/mol. The standard InChI is InChI=1S/C23H20O5/c24-22(14-23(25)26)19-11-20(27-15-17-7-3-1-4-8-17)13-21(12-19)28-16-18-9-5-2-6-10-18/h1-13H,14-16H2,(H,25,26). The summed E-state index contributed by atoms with van der Waals surface area (Å²) in [5.74, 6) is -0.777. The number of aliphatic carboxylic acids is 1.